The molecule has 4 heteroatoms. The molecule has 0 unspecified atom stereocenters. The smallest absolute Gasteiger partial charge is 0.230 e. The number of anilines is 1. The molecule has 0 radical (unpaired) electrons. The van der Waals surface area contributed by atoms with Gasteiger partial charge >= 0.3 is 0 Å². The van der Waals surface area contributed by atoms with E-state index in [1.165, 1.54) is 12.1 Å². The highest BCUT2D eigenvalue weighted by Gasteiger charge is 2.18. The van der Waals surface area contributed by atoms with Gasteiger partial charge in [-0.3, -0.25) is 0 Å². The standard InChI is InChI=1S/C16H13FN2O/c1-10-4-2-3-5-13(10)15-14(16(18)20-19-15)11-6-8-12(17)9-7-11/h2-9H,18H2,1H3. The summed E-state index contributed by atoms with van der Waals surface area (Å²) in [5, 5.41) is 4.05. The van der Waals surface area contributed by atoms with E-state index in [1.54, 1.807) is 12.1 Å². The molecule has 3 rings (SSSR count). The van der Waals surface area contributed by atoms with E-state index in [-0.39, 0.29) is 11.7 Å². The number of hydrogen-bond donors (Lipinski definition) is 1. The van der Waals surface area contributed by atoms with Crippen LogP contribution < -0.4 is 5.73 Å². The Labute approximate surface area is 115 Å². The van der Waals surface area contributed by atoms with E-state index in [1.807, 2.05) is 31.2 Å². The molecule has 0 spiro atoms. The molecule has 0 saturated heterocycles. The Morgan fingerprint density at radius 1 is 1.05 bits per heavy atom. The number of hydrogen-bond acceptors (Lipinski definition) is 3. The van der Waals surface area contributed by atoms with Crippen molar-refractivity contribution < 1.29 is 8.91 Å². The van der Waals surface area contributed by atoms with Crippen molar-refractivity contribution in [2.45, 2.75) is 6.92 Å². The second-order valence-electron chi connectivity index (χ2n) is 4.59. The molecular formula is C16H13FN2O. The summed E-state index contributed by atoms with van der Waals surface area (Å²) in [6.07, 6.45) is 0. The lowest BCUT2D eigenvalue weighted by atomic mass is 9.98. The van der Waals surface area contributed by atoms with Crippen molar-refractivity contribution in [3.8, 4) is 22.4 Å². The Kier molecular flexibility index (Phi) is 2.99. The lowest BCUT2D eigenvalue weighted by Crippen LogP contribution is -1.89. The van der Waals surface area contributed by atoms with Crippen LogP contribution in [0.25, 0.3) is 22.4 Å². The van der Waals surface area contributed by atoms with E-state index in [0.29, 0.717) is 11.3 Å². The highest BCUT2D eigenvalue weighted by atomic mass is 19.1. The molecule has 1 heterocycles. The number of aryl methyl sites for hydroxylation is 1. The van der Waals surface area contributed by atoms with E-state index >= 15 is 0 Å². The average Bonchev–Trinajstić information content (AvgIpc) is 2.82. The highest BCUT2D eigenvalue weighted by Crippen LogP contribution is 2.37. The third-order valence-electron chi connectivity index (χ3n) is 3.25. The topological polar surface area (TPSA) is 52.0 Å². The molecular weight excluding hydrogens is 255 g/mol. The van der Waals surface area contributed by atoms with Gasteiger partial charge in [0.15, 0.2) is 0 Å². The Bertz CT molecular complexity index is 747. The molecule has 100 valence electrons. The minimum absolute atomic E-state index is 0.231. The van der Waals surface area contributed by atoms with Crippen LogP contribution >= 0.6 is 0 Å². The molecule has 0 fully saturated rings. The fourth-order valence-electron chi connectivity index (χ4n) is 2.22. The van der Waals surface area contributed by atoms with Crippen molar-refractivity contribution in [3.63, 3.8) is 0 Å². The number of nitrogens with two attached hydrogens (primary N) is 1. The van der Waals surface area contributed by atoms with Crippen LogP contribution in [-0.2, 0) is 0 Å². The van der Waals surface area contributed by atoms with Gasteiger partial charge in [0, 0.05) is 5.56 Å². The van der Waals surface area contributed by atoms with Gasteiger partial charge in [-0.05, 0) is 30.2 Å². The van der Waals surface area contributed by atoms with Crippen LogP contribution in [0, 0.1) is 12.7 Å². The van der Waals surface area contributed by atoms with Gasteiger partial charge in [0.05, 0.1) is 5.56 Å². The molecule has 0 aliphatic carbocycles. The molecule has 0 aliphatic heterocycles. The fraction of sp³-hybridized carbons (Fsp3) is 0.0625. The van der Waals surface area contributed by atoms with Crippen LogP contribution in [0.3, 0.4) is 0 Å². The minimum atomic E-state index is -0.291. The van der Waals surface area contributed by atoms with E-state index in [9.17, 15) is 4.39 Å². The summed E-state index contributed by atoms with van der Waals surface area (Å²) in [5.41, 5.74) is 10.0. The third-order valence-corrected chi connectivity index (χ3v) is 3.25. The third kappa shape index (κ3) is 2.05. The lowest BCUT2D eigenvalue weighted by Gasteiger charge is -2.05. The Hall–Kier alpha value is -2.62. The molecule has 1 aromatic heterocycles. The largest absolute Gasteiger partial charge is 0.367 e. The van der Waals surface area contributed by atoms with Crippen molar-refractivity contribution in [1.29, 1.82) is 0 Å². The van der Waals surface area contributed by atoms with Gasteiger partial charge in [0.2, 0.25) is 5.88 Å². The SMILES string of the molecule is Cc1ccccc1-c1noc(N)c1-c1ccc(F)cc1. The predicted octanol–water partition coefficient (Wildman–Crippen LogP) is 4.04. The predicted molar refractivity (Wildman–Crippen MR) is 76.5 cm³/mol. The first-order chi connectivity index (χ1) is 9.66. The zero-order valence-corrected chi connectivity index (χ0v) is 10.9. The van der Waals surface area contributed by atoms with E-state index in [2.05, 4.69) is 5.16 Å². The van der Waals surface area contributed by atoms with Gasteiger partial charge in [0.25, 0.3) is 0 Å². The van der Waals surface area contributed by atoms with Crippen LogP contribution in [0.2, 0.25) is 0 Å². The maximum Gasteiger partial charge on any atom is 0.230 e. The molecule has 20 heavy (non-hydrogen) atoms. The number of nitrogen functional groups attached to an aromatic ring is 1. The number of nitrogens with zero attached hydrogens (tertiary/aromatic N) is 1. The van der Waals surface area contributed by atoms with Crippen molar-refractivity contribution in [2.75, 3.05) is 5.73 Å². The Balaban J connectivity index is 2.20. The molecule has 0 atom stereocenters. The van der Waals surface area contributed by atoms with Crippen LogP contribution in [0.4, 0.5) is 10.3 Å². The summed E-state index contributed by atoms with van der Waals surface area (Å²) in [7, 11) is 0. The summed E-state index contributed by atoms with van der Waals surface area (Å²) in [5.74, 6) is -0.0592. The number of halogens is 1. The summed E-state index contributed by atoms with van der Waals surface area (Å²) in [6.45, 7) is 1.99. The first kappa shape index (κ1) is 12.4. The average molecular weight is 268 g/mol. The van der Waals surface area contributed by atoms with Crippen LogP contribution in [-0.4, -0.2) is 5.16 Å². The first-order valence-corrected chi connectivity index (χ1v) is 6.24. The van der Waals surface area contributed by atoms with Crippen molar-refractivity contribution in [3.05, 3.63) is 59.9 Å². The maximum atomic E-state index is 13.0. The fourth-order valence-corrected chi connectivity index (χ4v) is 2.22. The molecule has 0 amide bonds. The van der Waals surface area contributed by atoms with Gasteiger partial charge in [-0.15, -0.1) is 0 Å². The number of rotatable bonds is 2. The van der Waals surface area contributed by atoms with E-state index in [4.69, 9.17) is 10.3 Å². The molecule has 0 bridgehead atoms. The van der Waals surface area contributed by atoms with E-state index in [0.717, 1.165) is 16.7 Å². The molecule has 2 aromatic carbocycles. The van der Waals surface area contributed by atoms with Crippen LogP contribution in [0.5, 0.6) is 0 Å². The zero-order valence-electron chi connectivity index (χ0n) is 10.9. The minimum Gasteiger partial charge on any atom is -0.367 e. The molecule has 0 aliphatic rings. The lowest BCUT2D eigenvalue weighted by molar-refractivity contribution is 0.439. The quantitative estimate of drug-likeness (QED) is 0.763. The maximum absolute atomic E-state index is 13.0. The Morgan fingerprint density at radius 3 is 2.45 bits per heavy atom. The second-order valence-corrected chi connectivity index (χ2v) is 4.59. The number of benzene rings is 2. The summed E-state index contributed by atoms with van der Waals surface area (Å²) in [6, 6.07) is 14.0. The second kappa shape index (κ2) is 4.81. The first-order valence-electron chi connectivity index (χ1n) is 6.24. The van der Waals surface area contributed by atoms with Gasteiger partial charge in [0.1, 0.15) is 11.5 Å². The molecule has 2 N–H and O–H groups in total. The van der Waals surface area contributed by atoms with Crippen molar-refractivity contribution >= 4 is 5.88 Å². The summed E-state index contributed by atoms with van der Waals surface area (Å²) >= 11 is 0. The summed E-state index contributed by atoms with van der Waals surface area (Å²) in [4.78, 5) is 0. The normalized spacial score (nSPS) is 10.7. The van der Waals surface area contributed by atoms with Gasteiger partial charge in [-0.1, -0.05) is 41.6 Å². The van der Waals surface area contributed by atoms with Gasteiger partial charge < -0.3 is 10.3 Å². The molecule has 3 aromatic rings. The van der Waals surface area contributed by atoms with Gasteiger partial charge in [-0.2, -0.15) is 0 Å². The van der Waals surface area contributed by atoms with Crippen molar-refractivity contribution in [1.82, 2.24) is 5.16 Å². The van der Waals surface area contributed by atoms with Gasteiger partial charge in [-0.25, -0.2) is 4.39 Å². The van der Waals surface area contributed by atoms with Crippen LogP contribution in [0.1, 0.15) is 5.56 Å². The highest BCUT2D eigenvalue weighted by molar-refractivity contribution is 5.87. The van der Waals surface area contributed by atoms with E-state index < -0.39 is 0 Å². The molecule has 0 saturated carbocycles. The number of aromatic nitrogens is 1. The van der Waals surface area contributed by atoms with Crippen molar-refractivity contribution in [2.24, 2.45) is 0 Å². The zero-order chi connectivity index (χ0) is 14.1. The van der Waals surface area contributed by atoms with Crippen LogP contribution in [0.15, 0.2) is 53.1 Å². The summed E-state index contributed by atoms with van der Waals surface area (Å²) < 4.78 is 18.2. The Morgan fingerprint density at radius 2 is 1.75 bits per heavy atom. The molecule has 3 nitrogen and oxygen atoms in total. The monoisotopic (exact) mass is 268 g/mol.